The molecule has 1 saturated carbocycles. The van der Waals surface area contributed by atoms with E-state index < -0.39 is 22.6 Å². The van der Waals surface area contributed by atoms with E-state index in [0.29, 0.717) is 18.5 Å². The highest BCUT2D eigenvalue weighted by Crippen LogP contribution is 2.34. The standard InChI is InChI=1S/C21H18F2N4O3/c22-11-3-7-13(8-4-11)27-19-14(18(28)16-20(29)26-30-21(16)27)9-15(23)17(25-19)10-1-5-12(24)6-2-10/h3-4,7-10,12H,1-2,5-6,24H2,(H,26,29). The van der Waals surface area contributed by atoms with E-state index in [1.807, 2.05) is 0 Å². The molecule has 0 unspecified atom stereocenters. The fraction of sp³-hybridized carbons (Fsp3) is 0.286. The van der Waals surface area contributed by atoms with Crippen LogP contribution in [0.2, 0.25) is 0 Å². The van der Waals surface area contributed by atoms with E-state index in [2.05, 4.69) is 10.1 Å². The topological polar surface area (TPSA) is 107 Å². The SMILES string of the molecule is NC1CCC(c2nc3c(cc2F)c(=O)c2c(=O)[nH]oc2n3-c2ccc(F)cc2)CC1. The molecule has 1 aliphatic rings. The zero-order valence-electron chi connectivity index (χ0n) is 15.8. The summed E-state index contributed by atoms with van der Waals surface area (Å²) in [7, 11) is 0. The number of H-pyrrole nitrogens is 1. The van der Waals surface area contributed by atoms with Crippen LogP contribution in [0, 0.1) is 11.6 Å². The van der Waals surface area contributed by atoms with E-state index in [-0.39, 0.29) is 39.8 Å². The minimum absolute atomic E-state index is 0.0486. The third-order valence-electron chi connectivity index (χ3n) is 5.79. The zero-order valence-corrected chi connectivity index (χ0v) is 15.8. The van der Waals surface area contributed by atoms with Gasteiger partial charge in [0.1, 0.15) is 11.6 Å². The Morgan fingerprint density at radius 1 is 1.10 bits per heavy atom. The van der Waals surface area contributed by atoms with Gasteiger partial charge in [0.05, 0.1) is 16.8 Å². The number of fused-ring (bicyclic) bond motifs is 2. The molecule has 4 aromatic rings. The van der Waals surface area contributed by atoms with E-state index in [4.69, 9.17) is 10.3 Å². The third-order valence-corrected chi connectivity index (χ3v) is 5.79. The van der Waals surface area contributed by atoms with Crippen LogP contribution in [0.4, 0.5) is 8.78 Å². The Morgan fingerprint density at radius 2 is 1.80 bits per heavy atom. The van der Waals surface area contributed by atoms with E-state index in [0.717, 1.165) is 18.9 Å². The maximum atomic E-state index is 15.0. The molecule has 0 atom stereocenters. The van der Waals surface area contributed by atoms with Gasteiger partial charge in [0.15, 0.2) is 11.0 Å². The van der Waals surface area contributed by atoms with Crippen LogP contribution in [0.25, 0.3) is 27.8 Å². The van der Waals surface area contributed by atoms with Gasteiger partial charge in [-0.2, -0.15) is 5.16 Å². The van der Waals surface area contributed by atoms with Gasteiger partial charge in [-0.3, -0.25) is 14.2 Å². The summed E-state index contributed by atoms with van der Waals surface area (Å²) >= 11 is 0. The predicted molar refractivity (Wildman–Crippen MR) is 107 cm³/mol. The molecule has 3 aromatic heterocycles. The number of aromatic nitrogens is 3. The highest BCUT2D eigenvalue weighted by Gasteiger charge is 2.27. The first-order valence-corrected chi connectivity index (χ1v) is 9.72. The molecule has 1 fully saturated rings. The molecule has 3 N–H and O–H groups in total. The van der Waals surface area contributed by atoms with Crippen LogP contribution in [0.15, 0.2) is 44.4 Å². The molecule has 3 heterocycles. The number of hydrogen-bond acceptors (Lipinski definition) is 5. The summed E-state index contributed by atoms with van der Waals surface area (Å²) in [4.78, 5) is 29.6. The molecular formula is C21H18F2N4O3. The van der Waals surface area contributed by atoms with Crippen molar-refractivity contribution in [3.8, 4) is 5.69 Å². The minimum atomic E-state index is -0.724. The Labute approximate surface area is 168 Å². The van der Waals surface area contributed by atoms with E-state index in [9.17, 15) is 18.4 Å². The molecule has 30 heavy (non-hydrogen) atoms. The van der Waals surface area contributed by atoms with Crippen LogP contribution < -0.4 is 16.7 Å². The molecule has 0 aliphatic heterocycles. The second-order valence-electron chi connectivity index (χ2n) is 7.69. The summed E-state index contributed by atoms with van der Waals surface area (Å²) in [6.07, 6.45) is 2.92. The third kappa shape index (κ3) is 2.85. The highest BCUT2D eigenvalue weighted by atomic mass is 19.1. The van der Waals surface area contributed by atoms with Crippen molar-refractivity contribution in [2.45, 2.75) is 37.6 Å². The second kappa shape index (κ2) is 6.88. The summed E-state index contributed by atoms with van der Waals surface area (Å²) in [5.41, 5.74) is 5.34. The molecule has 154 valence electrons. The van der Waals surface area contributed by atoms with Gasteiger partial charge in [-0.05, 0) is 56.0 Å². The van der Waals surface area contributed by atoms with Crippen LogP contribution in [-0.4, -0.2) is 20.7 Å². The Kier molecular flexibility index (Phi) is 4.28. The van der Waals surface area contributed by atoms with Crippen molar-refractivity contribution >= 4 is 22.1 Å². The summed E-state index contributed by atoms with van der Waals surface area (Å²) < 4.78 is 35.2. The molecule has 1 aliphatic carbocycles. The van der Waals surface area contributed by atoms with E-state index in [1.54, 1.807) is 0 Å². The summed E-state index contributed by atoms with van der Waals surface area (Å²) in [6.45, 7) is 0. The van der Waals surface area contributed by atoms with Gasteiger partial charge in [-0.25, -0.2) is 13.8 Å². The zero-order chi connectivity index (χ0) is 21.0. The summed E-state index contributed by atoms with van der Waals surface area (Å²) in [6, 6.07) is 6.63. The molecule has 0 bridgehead atoms. The van der Waals surface area contributed by atoms with E-state index in [1.165, 1.54) is 28.8 Å². The molecule has 0 radical (unpaired) electrons. The Morgan fingerprint density at radius 3 is 2.50 bits per heavy atom. The van der Waals surface area contributed by atoms with Crippen molar-refractivity contribution in [3.05, 3.63) is 68.2 Å². The van der Waals surface area contributed by atoms with Crippen molar-refractivity contribution in [2.75, 3.05) is 0 Å². The number of halogens is 2. The van der Waals surface area contributed by atoms with Gasteiger partial charge in [0.25, 0.3) is 5.56 Å². The largest absolute Gasteiger partial charge is 0.359 e. The lowest BCUT2D eigenvalue weighted by atomic mass is 9.84. The number of nitrogens with one attached hydrogen (secondary N) is 1. The molecule has 1 aromatic carbocycles. The lowest BCUT2D eigenvalue weighted by Gasteiger charge is -2.26. The molecule has 0 saturated heterocycles. The average Bonchev–Trinajstić information content (AvgIpc) is 3.12. The van der Waals surface area contributed by atoms with Crippen molar-refractivity contribution < 1.29 is 13.3 Å². The second-order valence-corrected chi connectivity index (χ2v) is 7.69. The summed E-state index contributed by atoms with van der Waals surface area (Å²) in [5.74, 6) is -1.17. The molecule has 0 spiro atoms. The Hall–Kier alpha value is -3.33. The quantitative estimate of drug-likeness (QED) is 0.526. The Bertz CT molecular complexity index is 1380. The van der Waals surface area contributed by atoms with Crippen LogP contribution in [0.3, 0.4) is 0 Å². The monoisotopic (exact) mass is 412 g/mol. The fourth-order valence-electron chi connectivity index (χ4n) is 4.22. The van der Waals surface area contributed by atoms with Crippen molar-refractivity contribution in [2.24, 2.45) is 5.73 Å². The molecule has 0 amide bonds. The smallest absolute Gasteiger partial charge is 0.293 e. The van der Waals surface area contributed by atoms with Crippen LogP contribution in [-0.2, 0) is 0 Å². The normalized spacial score (nSPS) is 19.6. The average molecular weight is 412 g/mol. The number of hydrogen-bond donors (Lipinski definition) is 2. The summed E-state index contributed by atoms with van der Waals surface area (Å²) in [5, 5.41) is 1.86. The minimum Gasteiger partial charge on any atom is -0.359 e. The van der Waals surface area contributed by atoms with Gasteiger partial charge in [-0.15, -0.1) is 0 Å². The van der Waals surface area contributed by atoms with Crippen LogP contribution >= 0.6 is 0 Å². The highest BCUT2D eigenvalue weighted by molar-refractivity contribution is 5.90. The fourth-order valence-corrected chi connectivity index (χ4v) is 4.22. The molecule has 7 nitrogen and oxygen atoms in total. The van der Waals surface area contributed by atoms with Gasteiger partial charge in [-0.1, -0.05) is 0 Å². The Balaban J connectivity index is 1.85. The maximum absolute atomic E-state index is 15.0. The number of pyridine rings is 2. The van der Waals surface area contributed by atoms with Crippen molar-refractivity contribution in [1.29, 1.82) is 0 Å². The van der Waals surface area contributed by atoms with Gasteiger partial charge in [0.2, 0.25) is 11.1 Å². The van der Waals surface area contributed by atoms with Crippen LogP contribution in [0.5, 0.6) is 0 Å². The lowest BCUT2D eigenvalue weighted by Crippen LogP contribution is -2.26. The van der Waals surface area contributed by atoms with Crippen molar-refractivity contribution in [3.63, 3.8) is 0 Å². The molecule has 5 rings (SSSR count). The van der Waals surface area contributed by atoms with Gasteiger partial charge >= 0.3 is 0 Å². The van der Waals surface area contributed by atoms with E-state index >= 15 is 0 Å². The first kappa shape index (κ1) is 18.7. The first-order chi connectivity index (χ1) is 14.4. The number of nitrogens with two attached hydrogens (primary N) is 1. The first-order valence-electron chi connectivity index (χ1n) is 9.72. The van der Waals surface area contributed by atoms with Crippen molar-refractivity contribution in [1.82, 2.24) is 14.7 Å². The maximum Gasteiger partial charge on any atom is 0.293 e. The van der Waals surface area contributed by atoms with Crippen LogP contribution in [0.1, 0.15) is 37.3 Å². The lowest BCUT2D eigenvalue weighted by molar-refractivity contribution is 0.381. The van der Waals surface area contributed by atoms with Gasteiger partial charge < -0.3 is 10.3 Å². The number of rotatable bonds is 2. The molecular weight excluding hydrogens is 394 g/mol. The number of nitrogens with zero attached hydrogens (tertiary/aromatic N) is 2. The number of aromatic amines is 1. The number of benzene rings is 1. The molecule has 9 heteroatoms. The van der Waals surface area contributed by atoms with Gasteiger partial charge in [0, 0.05) is 12.0 Å². The predicted octanol–water partition coefficient (Wildman–Crippen LogP) is 3.08.